The second kappa shape index (κ2) is 4.09. The van der Waals surface area contributed by atoms with Crippen molar-refractivity contribution in [3.63, 3.8) is 0 Å². The van der Waals surface area contributed by atoms with Crippen LogP contribution in [-0.4, -0.2) is 28.0 Å². The second-order valence-corrected chi connectivity index (χ2v) is 2.67. The van der Waals surface area contributed by atoms with Crippen LogP contribution in [0.15, 0.2) is 24.3 Å². The van der Waals surface area contributed by atoms with Crippen molar-refractivity contribution in [1.29, 1.82) is 0 Å². The maximum absolute atomic E-state index is 9.26. The van der Waals surface area contributed by atoms with Gasteiger partial charge in [0.1, 0.15) is 5.75 Å². The Bertz CT molecular complexity index is 247. The van der Waals surface area contributed by atoms with E-state index in [1.54, 1.807) is 24.3 Å². The zero-order valence-corrected chi connectivity index (χ0v) is 6.64. The fraction of sp³-hybridized carbons (Fsp3) is 0.333. The van der Waals surface area contributed by atoms with Gasteiger partial charge in [0.05, 0.1) is 12.7 Å². The van der Waals surface area contributed by atoms with E-state index in [-0.39, 0.29) is 18.8 Å². The summed E-state index contributed by atoms with van der Waals surface area (Å²) in [7, 11) is 0. The lowest BCUT2D eigenvalue weighted by Crippen LogP contribution is -2.14. The minimum Gasteiger partial charge on any atom is -0.508 e. The van der Waals surface area contributed by atoms with Gasteiger partial charge in [-0.1, -0.05) is 18.2 Å². The molecule has 1 rings (SSSR count). The van der Waals surface area contributed by atoms with Crippen molar-refractivity contribution in [1.82, 2.24) is 0 Å². The minimum absolute atomic E-state index is 0.157. The average molecular weight is 168 g/mol. The highest BCUT2D eigenvalue weighted by Crippen LogP contribution is 2.16. The van der Waals surface area contributed by atoms with Crippen LogP contribution in [-0.2, 0) is 6.42 Å². The number of phenols is 1. The first kappa shape index (κ1) is 9.03. The zero-order chi connectivity index (χ0) is 8.97. The summed E-state index contributed by atoms with van der Waals surface area (Å²) in [4.78, 5) is 0. The molecule has 12 heavy (non-hydrogen) atoms. The van der Waals surface area contributed by atoms with Gasteiger partial charge in [-0.2, -0.15) is 0 Å². The molecule has 0 spiro atoms. The predicted octanol–water partition coefficient (Wildman–Crippen LogP) is 0.288. The minimum atomic E-state index is -0.793. The Balaban J connectivity index is 2.69. The molecule has 0 amide bonds. The Hall–Kier alpha value is -1.06. The van der Waals surface area contributed by atoms with Gasteiger partial charge in [0.15, 0.2) is 0 Å². The lowest BCUT2D eigenvalue weighted by molar-refractivity contribution is 0.0950. The summed E-state index contributed by atoms with van der Waals surface area (Å²) >= 11 is 0. The van der Waals surface area contributed by atoms with Crippen LogP contribution in [0.4, 0.5) is 0 Å². The van der Waals surface area contributed by atoms with E-state index >= 15 is 0 Å². The SMILES string of the molecule is OCC(O)Cc1ccccc1O. The molecule has 0 aromatic heterocycles. The topological polar surface area (TPSA) is 60.7 Å². The molecule has 0 aliphatic carbocycles. The van der Waals surface area contributed by atoms with Crippen LogP contribution in [0.1, 0.15) is 5.56 Å². The average Bonchev–Trinajstić information content (AvgIpc) is 2.09. The Morgan fingerprint density at radius 2 is 1.92 bits per heavy atom. The molecule has 0 fully saturated rings. The van der Waals surface area contributed by atoms with Gasteiger partial charge in [-0.15, -0.1) is 0 Å². The van der Waals surface area contributed by atoms with Crippen molar-refractivity contribution < 1.29 is 15.3 Å². The molecule has 0 aliphatic heterocycles. The Morgan fingerprint density at radius 3 is 2.50 bits per heavy atom. The van der Waals surface area contributed by atoms with Crippen molar-refractivity contribution in [2.45, 2.75) is 12.5 Å². The number of para-hydroxylation sites is 1. The van der Waals surface area contributed by atoms with Crippen molar-refractivity contribution in [2.24, 2.45) is 0 Å². The lowest BCUT2D eigenvalue weighted by atomic mass is 10.1. The number of hydrogen-bond acceptors (Lipinski definition) is 3. The quantitative estimate of drug-likeness (QED) is 0.607. The second-order valence-electron chi connectivity index (χ2n) is 2.67. The molecule has 0 saturated carbocycles. The van der Waals surface area contributed by atoms with Crippen molar-refractivity contribution >= 4 is 0 Å². The van der Waals surface area contributed by atoms with E-state index in [1.165, 1.54) is 0 Å². The van der Waals surface area contributed by atoms with Gasteiger partial charge < -0.3 is 15.3 Å². The predicted molar refractivity (Wildman–Crippen MR) is 44.9 cm³/mol. The Kier molecular flexibility index (Phi) is 3.08. The van der Waals surface area contributed by atoms with Crippen LogP contribution in [0.2, 0.25) is 0 Å². The first-order chi connectivity index (χ1) is 5.74. The molecule has 1 atom stereocenters. The van der Waals surface area contributed by atoms with Crippen molar-refractivity contribution in [2.75, 3.05) is 6.61 Å². The van der Waals surface area contributed by atoms with Gasteiger partial charge >= 0.3 is 0 Å². The van der Waals surface area contributed by atoms with Gasteiger partial charge in [0.2, 0.25) is 0 Å². The molecule has 1 aromatic carbocycles. The Labute approximate surface area is 70.9 Å². The molecule has 3 heteroatoms. The van der Waals surface area contributed by atoms with E-state index in [9.17, 15) is 5.11 Å². The number of aliphatic hydroxyl groups is 2. The number of hydrogen-bond donors (Lipinski definition) is 3. The largest absolute Gasteiger partial charge is 0.508 e. The highest BCUT2D eigenvalue weighted by atomic mass is 16.3. The molecular weight excluding hydrogens is 156 g/mol. The Morgan fingerprint density at radius 1 is 1.25 bits per heavy atom. The van der Waals surface area contributed by atoms with Gasteiger partial charge in [-0.25, -0.2) is 0 Å². The van der Waals surface area contributed by atoms with Crippen LogP contribution >= 0.6 is 0 Å². The normalized spacial score (nSPS) is 12.8. The summed E-state index contributed by atoms with van der Waals surface area (Å²) in [6, 6.07) is 6.76. The fourth-order valence-electron chi connectivity index (χ4n) is 1.00. The van der Waals surface area contributed by atoms with Crippen LogP contribution in [0.5, 0.6) is 5.75 Å². The number of aromatic hydroxyl groups is 1. The molecule has 0 aliphatic rings. The van der Waals surface area contributed by atoms with E-state index in [0.29, 0.717) is 5.56 Å². The molecule has 0 heterocycles. The van der Waals surface area contributed by atoms with Gasteiger partial charge in [0.25, 0.3) is 0 Å². The number of aliphatic hydroxyl groups excluding tert-OH is 2. The highest BCUT2D eigenvalue weighted by Gasteiger charge is 2.06. The third kappa shape index (κ3) is 2.22. The van der Waals surface area contributed by atoms with Crippen molar-refractivity contribution in [3.8, 4) is 5.75 Å². The highest BCUT2D eigenvalue weighted by molar-refractivity contribution is 5.32. The summed E-state index contributed by atoms with van der Waals surface area (Å²) in [6.45, 7) is -0.283. The first-order valence-corrected chi connectivity index (χ1v) is 3.80. The summed E-state index contributed by atoms with van der Waals surface area (Å²) in [5.74, 6) is 0.157. The smallest absolute Gasteiger partial charge is 0.118 e. The van der Waals surface area contributed by atoms with E-state index in [4.69, 9.17) is 10.2 Å². The van der Waals surface area contributed by atoms with Crippen LogP contribution < -0.4 is 0 Å². The number of rotatable bonds is 3. The third-order valence-electron chi connectivity index (χ3n) is 1.66. The lowest BCUT2D eigenvalue weighted by Gasteiger charge is -2.07. The fourth-order valence-corrected chi connectivity index (χ4v) is 1.00. The molecule has 1 aromatic rings. The van der Waals surface area contributed by atoms with E-state index < -0.39 is 6.10 Å². The van der Waals surface area contributed by atoms with Crippen LogP contribution in [0, 0.1) is 0 Å². The molecular formula is C9H12O3. The molecule has 3 nitrogen and oxygen atoms in total. The summed E-state index contributed by atoms with van der Waals surface area (Å²) in [5.41, 5.74) is 0.652. The van der Waals surface area contributed by atoms with Crippen molar-refractivity contribution in [3.05, 3.63) is 29.8 Å². The van der Waals surface area contributed by atoms with E-state index in [0.717, 1.165) is 0 Å². The molecule has 0 radical (unpaired) electrons. The van der Waals surface area contributed by atoms with Crippen LogP contribution in [0.25, 0.3) is 0 Å². The standard InChI is InChI=1S/C9H12O3/c10-6-8(11)5-7-3-1-2-4-9(7)12/h1-4,8,10-12H,5-6H2. The zero-order valence-electron chi connectivity index (χ0n) is 6.64. The molecule has 0 bridgehead atoms. The van der Waals surface area contributed by atoms with E-state index in [1.807, 2.05) is 0 Å². The maximum atomic E-state index is 9.26. The first-order valence-electron chi connectivity index (χ1n) is 3.80. The van der Waals surface area contributed by atoms with Gasteiger partial charge in [-0.05, 0) is 11.6 Å². The maximum Gasteiger partial charge on any atom is 0.118 e. The summed E-state index contributed by atoms with van der Waals surface area (Å²) in [5, 5.41) is 26.9. The monoisotopic (exact) mass is 168 g/mol. The molecule has 3 N–H and O–H groups in total. The molecule has 1 unspecified atom stereocenters. The summed E-state index contributed by atoms with van der Waals surface area (Å²) in [6.07, 6.45) is -0.512. The van der Waals surface area contributed by atoms with Crippen LogP contribution in [0.3, 0.4) is 0 Å². The molecule has 0 saturated heterocycles. The van der Waals surface area contributed by atoms with Gasteiger partial charge in [0, 0.05) is 6.42 Å². The van der Waals surface area contributed by atoms with Gasteiger partial charge in [-0.3, -0.25) is 0 Å². The number of benzene rings is 1. The summed E-state index contributed by atoms with van der Waals surface area (Å²) < 4.78 is 0. The third-order valence-corrected chi connectivity index (χ3v) is 1.66. The number of phenolic OH excluding ortho intramolecular Hbond substituents is 1. The van der Waals surface area contributed by atoms with E-state index in [2.05, 4.69) is 0 Å². The molecule has 66 valence electrons.